The highest BCUT2D eigenvalue weighted by Crippen LogP contribution is 2.43. The molecule has 0 bridgehead atoms. The van der Waals surface area contributed by atoms with Crippen molar-refractivity contribution in [2.75, 3.05) is 11.9 Å². The summed E-state index contributed by atoms with van der Waals surface area (Å²) in [6.45, 7) is 0.993. The van der Waals surface area contributed by atoms with Crippen LogP contribution in [0, 0.1) is 11.3 Å². The number of alkyl halides is 3. The van der Waals surface area contributed by atoms with Crippen molar-refractivity contribution in [3.8, 4) is 17.3 Å². The van der Waals surface area contributed by atoms with E-state index in [-0.39, 0.29) is 15.9 Å². The molecule has 0 saturated carbocycles. The highest BCUT2D eigenvalue weighted by molar-refractivity contribution is 9.10. The van der Waals surface area contributed by atoms with Crippen LogP contribution >= 0.6 is 15.9 Å². The first-order valence-corrected chi connectivity index (χ1v) is 7.30. The molecule has 0 fully saturated rings. The van der Waals surface area contributed by atoms with Crippen LogP contribution in [0.25, 0.3) is 11.3 Å². The fraction of sp³-hybridized carbons (Fsp3) is 0.200. The van der Waals surface area contributed by atoms with Crippen molar-refractivity contribution < 1.29 is 17.7 Å². The first-order valence-electron chi connectivity index (χ1n) is 6.51. The number of fused-ring (bicyclic) bond motifs is 1. The molecule has 2 heterocycles. The Bertz CT molecular complexity index is 780. The summed E-state index contributed by atoms with van der Waals surface area (Å²) in [6, 6.07) is 10.5. The predicted molar refractivity (Wildman–Crippen MR) is 78.0 cm³/mol. The topological polar surface area (TPSA) is 39.7 Å². The molecule has 0 spiro atoms. The molecule has 2 aromatic rings. The molecular formula is C15H10BrF3N3+. The van der Waals surface area contributed by atoms with Gasteiger partial charge in [-0.1, -0.05) is 30.3 Å². The molecule has 22 heavy (non-hydrogen) atoms. The number of nitriles is 1. The van der Waals surface area contributed by atoms with Crippen molar-refractivity contribution >= 4 is 21.7 Å². The van der Waals surface area contributed by atoms with Gasteiger partial charge in [0.1, 0.15) is 30.4 Å². The highest BCUT2D eigenvalue weighted by Gasteiger charge is 2.43. The lowest BCUT2D eigenvalue weighted by atomic mass is 10.0. The summed E-state index contributed by atoms with van der Waals surface area (Å²) < 4.78 is 41.9. The molecule has 7 heteroatoms. The zero-order valence-corrected chi connectivity index (χ0v) is 12.8. The third-order valence-corrected chi connectivity index (χ3v) is 4.30. The SMILES string of the molecule is N#Cc1c(C(F)(F)F)c(Br)c(-c2ccccc2)[n+]2c1NCC2. The average molecular weight is 369 g/mol. The molecule has 0 radical (unpaired) electrons. The molecule has 1 N–H and O–H groups in total. The van der Waals surface area contributed by atoms with E-state index in [1.807, 2.05) is 0 Å². The largest absolute Gasteiger partial charge is 0.419 e. The summed E-state index contributed by atoms with van der Waals surface area (Å²) in [7, 11) is 0. The van der Waals surface area contributed by atoms with E-state index in [1.165, 1.54) is 0 Å². The van der Waals surface area contributed by atoms with E-state index >= 15 is 0 Å². The van der Waals surface area contributed by atoms with Crippen LogP contribution < -0.4 is 9.88 Å². The summed E-state index contributed by atoms with van der Waals surface area (Å²) in [6.07, 6.45) is -4.62. The number of hydrogen-bond acceptors (Lipinski definition) is 2. The number of aromatic nitrogens is 1. The summed E-state index contributed by atoms with van der Waals surface area (Å²) in [5, 5.41) is 12.1. The first kappa shape index (κ1) is 14.9. The van der Waals surface area contributed by atoms with Crippen molar-refractivity contribution in [1.29, 1.82) is 5.26 Å². The second-order valence-electron chi connectivity index (χ2n) is 4.82. The molecule has 0 unspecified atom stereocenters. The Morgan fingerprint density at radius 1 is 1.23 bits per heavy atom. The van der Waals surface area contributed by atoms with Gasteiger partial charge in [-0.3, -0.25) is 5.32 Å². The summed E-state index contributed by atoms with van der Waals surface area (Å²) >= 11 is 3.08. The fourth-order valence-corrected chi connectivity index (χ4v) is 3.52. The number of benzene rings is 1. The molecule has 0 amide bonds. The summed E-state index contributed by atoms with van der Waals surface area (Å²) in [5.41, 5.74) is -0.229. The van der Waals surface area contributed by atoms with Crippen molar-refractivity contribution in [3.63, 3.8) is 0 Å². The lowest BCUT2D eigenvalue weighted by Crippen LogP contribution is -2.36. The van der Waals surface area contributed by atoms with Crippen LogP contribution in [0.5, 0.6) is 0 Å². The molecular weight excluding hydrogens is 359 g/mol. The number of halogens is 4. The van der Waals surface area contributed by atoms with Crippen LogP contribution in [0.2, 0.25) is 0 Å². The Morgan fingerprint density at radius 3 is 2.50 bits per heavy atom. The number of rotatable bonds is 1. The van der Waals surface area contributed by atoms with Crippen molar-refractivity contribution in [3.05, 3.63) is 45.9 Å². The average Bonchev–Trinajstić information content (AvgIpc) is 2.94. The van der Waals surface area contributed by atoms with Crippen molar-refractivity contribution in [2.24, 2.45) is 0 Å². The molecule has 112 valence electrons. The minimum atomic E-state index is -4.62. The maximum absolute atomic E-state index is 13.4. The van der Waals surface area contributed by atoms with E-state index in [9.17, 15) is 18.4 Å². The van der Waals surface area contributed by atoms with Crippen LogP contribution in [-0.4, -0.2) is 6.54 Å². The van der Waals surface area contributed by atoms with E-state index in [0.717, 1.165) is 0 Å². The summed E-state index contributed by atoms with van der Waals surface area (Å²) in [5.74, 6) is 0.219. The molecule has 1 aliphatic rings. The quantitative estimate of drug-likeness (QED) is 0.779. The van der Waals surface area contributed by atoms with Gasteiger partial charge >= 0.3 is 6.18 Å². The number of pyridine rings is 1. The van der Waals surface area contributed by atoms with Gasteiger partial charge in [0.05, 0.1) is 4.47 Å². The second kappa shape index (κ2) is 5.29. The number of anilines is 1. The number of nitrogens with one attached hydrogen (secondary N) is 1. The van der Waals surface area contributed by atoms with E-state index < -0.39 is 11.7 Å². The maximum atomic E-state index is 13.4. The Balaban J connectivity index is 2.42. The van der Waals surface area contributed by atoms with Crippen LogP contribution in [-0.2, 0) is 12.7 Å². The zero-order valence-electron chi connectivity index (χ0n) is 11.2. The Labute approximate surface area is 133 Å². The smallest absolute Gasteiger partial charge is 0.269 e. The molecule has 3 rings (SSSR count). The van der Waals surface area contributed by atoms with Crippen molar-refractivity contribution in [2.45, 2.75) is 12.7 Å². The second-order valence-corrected chi connectivity index (χ2v) is 5.61. The van der Waals surface area contributed by atoms with Crippen LogP contribution in [0.4, 0.5) is 19.0 Å². The van der Waals surface area contributed by atoms with Gasteiger partial charge in [-0.25, -0.2) is 4.57 Å². The summed E-state index contributed by atoms with van der Waals surface area (Å²) in [4.78, 5) is 0. The maximum Gasteiger partial charge on any atom is 0.419 e. The van der Waals surface area contributed by atoms with Gasteiger partial charge in [0.2, 0.25) is 0 Å². The van der Waals surface area contributed by atoms with Crippen LogP contribution in [0.3, 0.4) is 0 Å². The Hall–Kier alpha value is -2.07. The van der Waals surface area contributed by atoms with E-state index in [4.69, 9.17) is 0 Å². The Morgan fingerprint density at radius 2 is 1.91 bits per heavy atom. The molecule has 0 saturated heterocycles. The fourth-order valence-electron chi connectivity index (χ4n) is 2.66. The number of hydrogen-bond donors (Lipinski definition) is 1. The van der Waals surface area contributed by atoms with Crippen molar-refractivity contribution in [1.82, 2.24) is 0 Å². The number of nitrogens with zero attached hydrogens (tertiary/aromatic N) is 2. The van der Waals surface area contributed by atoms with Gasteiger partial charge in [0, 0.05) is 5.56 Å². The monoisotopic (exact) mass is 368 g/mol. The van der Waals surface area contributed by atoms with Gasteiger partial charge in [0.15, 0.2) is 5.56 Å². The first-order chi connectivity index (χ1) is 10.4. The molecule has 0 aliphatic carbocycles. The normalized spacial score (nSPS) is 13.4. The van der Waals surface area contributed by atoms with Gasteiger partial charge in [-0.2, -0.15) is 18.4 Å². The zero-order chi connectivity index (χ0) is 15.9. The van der Waals surface area contributed by atoms with Gasteiger partial charge in [-0.05, 0) is 15.9 Å². The minimum Gasteiger partial charge on any atom is -0.269 e. The van der Waals surface area contributed by atoms with Crippen LogP contribution in [0.15, 0.2) is 34.8 Å². The van der Waals surface area contributed by atoms with Gasteiger partial charge in [-0.15, -0.1) is 0 Å². The van der Waals surface area contributed by atoms with E-state index in [0.29, 0.717) is 24.3 Å². The molecule has 1 aromatic carbocycles. The lowest BCUT2D eigenvalue weighted by molar-refractivity contribution is -0.660. The third kappa shape index (κ3) is 2.24. The van der Waals surface area contributed by atoms with E-state index in [1.54, 1.807) is 41.0 Å². The minimum absolute atomic E-state index is 0.102. The lowest BCUT2D eigenvalue weighted by Gasteiger charge is -2.16. The highest BCUT2D eigenvalue weighted by atomic mass is 79.9. The third-order valence-electron chi connectivity index (χ3n) is 3.52. The molecule has 0 atom stereocenters. The standard InChI is InChI=1S/C15H9BrF3N3/c16-12-11(15(17,18)19)10(8-20)14-21-6-7-22(14)13(12)9-4-2-1-3-5-9/h1-5H,6-7H2/p+1. The molecule has 1 aromatic heterocycles. The Kier molecular flexibility index (Phi) is 3.57. The molecule has 3 nitrogen and oxygen atoms in total. The predicted octanol–water partition coefficient (Wildman–Crippen LogP) is 3.72. The van der Waals surface area contributed by atoms with Gasteiger partial charge < -0.3 is 0 Å². The van der Waals surface area contributed by atoms with E-state index in [2.05, 4.69) is 21.2 Å². The van der Waals surface area contributed by atoms with Gasteiger partial charge in [0.25, 0.3) is 5.82 Å². The van der Waals surface area contributed by atoms with Crippen LogP contribution in [0.1, 0.15) is 11.1 Å². The molecule has 1 aliphatic heterocycles.